The monoisotopic (exact) mass is 370 g/mol. The number of hydrogen-bond donors (Lipinski definition) is 3. The van der Waals surface area contributed by atoms with Gasteiger partial charge in [-0.2, -0.15) is 0 Å². The Morgan fingerprint density at radius 1 is 1.18 bits per heavy atom. The second kappa shape index (κ2) is 10.3. The first-order valence-electron chi connectivity index (χ1n) is 7.17. The van der Waals surface area contributed by atoms with Crippen molar-refractivity contribution in [2.45, 2.75) is 20.4 Å². The van der Waals surface area contributed by atoms with Gasteiger partial charge in [-0.25, -0.2) is 10.4 Å². The Labute approximate surface area is 139 Å². The highest BCUT2D eigenvalue weighted by Crippen LogP contribution is 2.02. The molecule has 7 heteroatoms. The molecular formula is C15H23BrN4O2. The first kappa shape index (κ1) is 18.6. The van der Waals surface area contributed by atoms with Crippen molar-refractivity contribution in [2.24, 2.45) is 5.92 Å². The van der Waals surface area contributed by atoms with Gasteiger partial charge in [-0.3, -0.25) is 20.4 Å². The van der Waals surface area contributed by atoms with Crippen molar-refractivity contribution in [1.82, 2.24) is 21.3 Å². The molecule has 6 nitrogen and oxygen atoms in total. The number of hydrazine groups is 2. The van der Waals surface area contributed by atoms with Gasteiger partial charge in [-0.1, -0.05) is 60.1 Å². The van der Waals surface area contributed by atoms with Gasteiger partial charge in [-0.05, 0) is 11.5 Å². The summed E-state index contributed by atoms with van der Waals surface area (Å²) in [6.07, 6.45) is 0. The van der Waals surface area contributed by atoms with Crippen molar-refractivity contribution in [2.75, 3.05) is 18.4 Å². The van der Waals surface area contributed by atoms with Crippen LogP contribution in [-0.4, -0.2) is 35.2 Å². The Bertz CT molecular complexity index is 468. The number of carbonyl (C=O) groups excluding carboxylic acids is 2. The van der Waals surface area contributed by atoms with Crippen molar-refractivity contribution in [3.05, 3.63) is 35.9 Å². The maximum atomic E-state index is 11.9. The zero-order valence-corrected chi connectivity index (χ0v) is 14.5. The average molecular weight is 371 g/mol. The van der Waals surface area contributed by atoms with E-state index in [1.54, 1.807) is 5.01 Å². The average Bonchev–Trinajstić information content (AvgIpc) is 2.47. The van der Waals surface area contributed by atoms with Crippen LogP contribution >= 0.6 is 15.9 Å². The summed E-state index contributed by atoms with van der Waals surface area (Å²) in [6.45, 7) is 5.32. The second-order valence-electron chi connectivity index (χ2n) is 5.33. The fraction of sp³-hybridized carbons (Fsp3) is 0.467. The van der Waals surface area contributed by atoms with Gasteiger partial charge in [0.05, 0.1) is 11.9 Å². The van der Waals surface area contributed by atoms with E-state index in [0.717, 1.165) is 5.56 Å². The molecule has 0 bridgehead atoms. The van der Waals surface area contributed by atoms with E-state index >= 15 is 0 Å². The zero-order valence-electron chi connectivity index (χ0n) is 12.9. The van der Waals surface area contributed by atoms with Gasteiger partial charge in [0.1, 0.15) is 0 Å². The summed E-state index contributed by atoms with van der Waals surface area (Å²) in [5.41, 5.74) is 9.22. The van der Waals surface area contributed by atoms with Gasteiger partial charge in [0.25, 0.3) is 0 Å². The standard InChI is InChI=1S/C15H23BrN4O2/c1-12(2)9-17-18-15(22)11-20(19-14(21)8-16)10-13-6-4-3-5-7-13/h3-7,12,17H,8-11H2,1-2H3,(H,18,22)(H,19,21). The third-order valence-electron chi connectivity index (χ3n) is 2.69. The van der Waals surface area contributed by atoms with Crippen LogP contribution in [0.15, 0.2) is 30.3 Å². The van der Waals surface area contributed by atoms with Gasteiger partial charge >= 0.3 is 0 Å². The van der Waals surface area contributed by atoms with Crippen LogP contribution < -0.4 is 16.3 Å². The van der Waals surface area contributed by atoms with E-state index < -0.39 is 0 Å². The molecule has 1 rings (SSSR count). The third kappa shape index (κ3) is 8.11. The third-order valence-corrected chi connectivity index (χ3v) is 3.20. The first-order chi connectivity index (χ1) is 10.5. The molecule has 0 fully saturated rings. The molecule has 0 aliphatic carbocycles. The van der Waals surface area contributed by atoms with Crippen LogP contribution in [-0.2, 0) is 16.1 Å². The van der Waals surface area contributed by atoms with Crippen LogP contribution in [0, 0.1) is 5.92 Å². The van der Waals surface area contributed by atoms with E-state index in [2.05, 4.69) is 46.1 Å². The maximum Gasteiger partial charge on any atom is 0.250 e. The molecule has 1 aromatic rings. The lowest BCUT2D eigenvalue weighted by molar-refractivity contribution is -0.128. The normalized spacial score (nSPS) is 10.8. The Hall–Kier alpha value is -1.44. The number of alkyl halides is 1. The molecule has 0 unspecified atom stereocenters. The minimum absolute atomic E-state index is 0.0682. The highest BCUT2D eigenvalue weighted by Gasteiger charge is 2.13. The SMILES string of the molecule is CC(C)CNNC(=O)CN(Cc1ccccc1)NC(=O)CBr. The van der Waals surface area contributed by atoms with Crippen LogP contribution in [0.5, 0.6) is 0 Å². The number of rotatable bonds is 9. The van der Waals surface area contributed by atoms with E-state index in [0.29, 0.717) is 19.0 Å². The van der Waals surface area contributed by atoms with Crippen LogP contribution in [0.1, 0.15) is 19.4 Å². The van der Waals surface area contributed by atoms with Crippen LogP contribution in [0.25, 0.3) is 0 Å². The second-order valence-corrected chi connectivity index (χ2v) is 5.89. The Morgan fingerprint density at radius 3 is 2.45 bits per heavy atom. The Kier molecular flexibility index (Phi) is 8.72. The number of carbonyl (C=O) groups is 2. The Balaban J connectivity index is 2.54. The van der Waals surface area contributed by atoms with E-state index in [9.17, 15) is 9.59 Å². The molecule has 0 aromatic heterocycles. The maximum absolute atomic E-state index is 11.9. The topological polar surface area (TPSA) is 73.5 Å². The summed E-state index contributed by atoms with van der Waals surface area (Å²) in [5, 5.41) is 1.77. The zero-order chi connectivity index (χ0) is 16.4. The van der Waals surface area contributed by atoms with Crippen LogP contribution in [0.4, 0.5) is 0 Å². The highest BCUT2D eigenvalue weighted by atomic mass is 79.9. The van der Waals surface area contributed by atoms with E-state index in [1.165, 1.54) is 0 Å². The summed E-state index contributed by atoms with van der Waals surface area (Å²) >= 11 is 3.10. The van der Waals surface area contributed by atoms with Gasteiger partial charge in [-0.15, -0.1) is 0 Å². The number of hydrogen-bond acceptors (Lipinski definition) is 4. The largest absolute Gasteiger partial charge is 0.290 e. The van der Waals surface area contributed by atoms with E-state index in [-0.39, 0.29) is 23.7 Å². The van der Waals surface area contributed by atoms with Crippen molar-refractivity contribution >= 4 is 27.7 Å². The number of amides is 2. The molecule has 0 aliphatic heterocycles. The molecule has 0 heterocycles. The lowest BCUT2D eigenvalue weighted by atomic mass is 10.2. The minimum Gasteiger partial charge on any atom is -0.290 e. The minimum atomic E-state index is -0.202. The lowest BCUT2D eigenvalue weighted by Gasteiger charge is -2.22. The molecular weight excluding hydrogens is 348 g/mol. The molecule has 0 aliphatic rings. The lowest BCUT2D eigenvalue weighted by Crippen LogP contribution is -2.50. The summed E-state index contributed by atoms with van der Waals surface area (Å²) < 4.78 is 0. The van der Waals surface area contributed by atoms with Crippen molar-refractivity contribution in [1.29, 1.82) is 0 Å². The smallest absolute Gasteiger partial charge is 0.250 e. The highest BCUT2D eigenvalue weighted by molar-refractivity contribution is 9.09. The summed E-state index contributed by atoms with van der Waals surface area (Å²) in [4.78, 5) is 23.5. The number of nitrogens with zero attached hydrogens (tertiary/aromatic N) is 1. The van der Waals surface area contributed by atoms with Gasteiger partial charge in [0.2, 0.25) is 11.8 Å². The Morgan fingerprint density at radius 2 is 1.86 bits per heavy atom. The van der Waals surface area contributed by atoms with Gasteiger partial charge < -0.3 is 0 Å². The molecule has 2 amide bonds. The predicted octanol–water partition coefficient (Wildman–Crippen LogP) is 1.19. The molecule has 122 valence electrons. The first-order valence-corrected chi connectivity index (χ1v) is 8.29. The molecule has 22 heavy (non-hydrogen) atoms. The van der Waals surface area contributed by atoms with Gasteiger partial charge in [0.15, 0.2) is 0 Å². The molecule has 0 saturated heterocycles. The number of benzene rings is 1. The van der Waals surface area contributed by atoms with Crippen molar-refractivity contribution in [3.8, 4) is 0 Å². The fourth-order valence-electron chi connectivity index (χ4n) is 1.71. The fourth-order valence-corrected chi connectivity index (χ4v) is 1.84. The van der Waals surface area contributed by atoms with Crippen molar-refractivity contribution < 1.29 is 9.59 Å². The summed E-state index contributed by atoms with van der Waals surface area (Å²) in [5.74, 6) is 0.0409. The molecule has 3 N–H and O–H groups in total. The molecule has 1 aromatic carbocycles. The quantitative estimate of drug-likeness (QED) is 0.451. The molecule has 0 radical (unpaired) electrons. The van der Waals surface area contributed by atoms with Gasteiger partial charge in [0, 0.05) is 13.1 Å². The summed E-state index contributed by atoms with van der Waals surface area (Å²) in [6, 6.07) is 9.66. The van der Waals surface area contributed by atoms with Crippen molar-refractivity contribution in [3.63, 3.8) is 0 Å². The summed E-state index contributed by atoms with van der Waals surface area (Å²) in [7, 11) is 0. The number of nitrogens with one attached hydrogen (secondary N) is 3. The van der Waals surface area contributed by atoms with E-state index in [4.69, 9.17) is 0 Å². The van der Waals surface area contributed by atoms with E-state index in [1.807, 2.05) is 30.3 Å². The van der Waals surface area contributed by atoms with Crippen LogP contribution in [0.3, 0.4) is 0 Å². The molecule has 0 atom stereocenters. The predicted molar refractivity (Wildman–Crippen MR) is 89.8 cm³/mol. The molecule has 0 spiro atoms. The number of halogens is 1. The molecule has 0 saturated carbocycles. The van der Waals surface area contributed by atoms with Crippen LogP contribution in [0.2, 0.25) is 0 Å².